The van der Waals surface area contributed by atoms with Gasteiger partial charge in [-0.25, -0.2) is 9.18 Å². The lowest BCUT2D eigenvalue weighted by Gasteiger charge is -2.13. The monoisotopic (exact) mass is 412 g/mol. The number of carbonyl (C=O) groups is 1. The molecule has 1 amide bonds. The molecule has 30 heavy (non-hydrogen) atoms. The summed E-state index contributed by atoms with van der Waals surface area (Å²) >= 11 is 0. The van der Waals surface area contributed by atoms with Crippen molar-refractivity contribution in [1.82, 2.24) is 19.7 Å². The lowest BCUT2D eigenvalue weighted by molar-refractivity contribution is 0.0927. The third-order valence-electron chi connectivity index (χ3n) is 4.54. The third kappa shape index (κ3) is 4.36. The molecule has 0 aliphatic rings. The number of aromatic nitrogens is 3. The van der Waals surface area contributed by atoms with Gasteiger partial charge in [-0.05, 0) is 30.2 Å². The van der Waals surface area contributed by atoms with Crippen LogP contribution < -0.4 is 16.6 Å². The molecule has 8 nitrogen and oxygen atoms in total. The first-order chi connectivity index (χ1) is 14.4. The van der Waals surface area contributed by atoms with Crippen LogP contribution in [0.2, 0.25) is 0 Å². The van der Waals surface area contributed by atoms with E-state index in [0.29, 0.717) is 5.56 Å². The number of para-hydroxylation sites is 1. The number of hydrogen-bond acceptors (Lipinski definition) is 5. The number of nitrogens with one attached hydrogen (secondary N) is 1. The number of amides is 1. The first kappa shape index (κ1) is 21.1. The van der Waals surface area contributed by atoms with Crippen LogP contribution in [-0.2, 0) is 11.3 Å². The Bertz CT molecular complexity index is 1190. The predicted octanol–water partition coefficient (Wildman–Crippen LogP) is 1.27. The van der Waals surface area contributed by atoms with Gasteiger partial charge in [0.1, 0.15) is 11.5 Å². The van der Waals surface area contributed by atoms with E-state index in [1.807, 2.05) is 19.1 Å². The minimum atomic E-state index is -0.856. The molecule has 0 saturated carbocycles. The van der Waals surface area contributed by atoms with Crippen molar-refractivity contribution in [3.05, 3.63) is 92.0 Å². The number of ether oxygens (including phenoxy) is 1. The number of hydrogen-bond donors (Lipinski definition) is 1. The summed E-state index contributed by atoms with van der Waals surface area (Å²) < 4.78 is 20.9. The van der Waals surface area contributed by atoms with E-state index in [-0.39, 0.29) is 25.4 Å². The highest BCUT2D eigenvalue weighted by Gasteiger charge is 2.21. The standard InChI is InChI=1S/C21H21FN4O4/c1-14-7-3-4-8-15(14)13-25-20(28)18(19(27)23-11-12-30-2)24-26(21(25)29)17-10-6-5-9-16(17)22/h3-10H,11-13H2,1-2H3,(H,23,27). The molecule has 0 aliphatic heterocycles. The van der Waals surface area contributed by atoms with Crippen LogP contribution in [0.15, 0.2) is 58.1 Å². The molecule has 1 N–H and O–H groups in total. The first-order valence-electron chi connectivity index (χ1n) is 9.24. The molecule has 0 saturated heterocycles. The minimum Gasteiger partial charge on any atom is -0.383 e. The van der Waals surface area contributed by atoms with Gasteiger partial charge in [0.25, 0.3) is 11.5 Å². The Hall–Kier alpha value is -3.59. The van der Waals surface area contributed by atoms with Gasteiger partial charge in [-0.1, -0.05) is 36.4 Å². The van der Waals surface area contributed by atoms with Crippen molar-refractivity contribution in [3.8, 4) is 5.69 Å². The molecule has 1 aromatic heterocycles. The van der Waals surface area contributed by atoms with E-state index in [2.05, 4.69) is 10.4 Å². The van der Waals surface area contributed by atoms with Gasteiger partial charge < -0.3 is 10.1 Å². The SMILES string of the molecule is COCCNC(=O)c1nn(-c2ccccc2F)c(=O)n(Cc2ccccc2C)c1=O. The van der Waals surface area contributed by atoms with Crippen LogP contribution in [0, 0.1) is 12.7 Å². The summed E-state index contributed by atoms with van der Waals surface area (Å²) in [6.45, 7) is 2.14. The molecule has 9 heteroatoms. The predicted molar refractivity (Wildman–Crippen MR) is 109 cm³/mol. The highest BCUT2D eigenvalue weighted by atomic mass is 19.1. The second kappa shape index (κ2) is 9.27. The maximum Gasteiger partial charge on any atom is 0.352 e. The van der Waals surface area contributed by atoms with Gasteiger partial charge in [-0.2, -0.15) is 9.78 Å². The number of carbonyl (C=O) groups excluding carboxylic acids is 1. The van der Waals surface area contributed by atoms with Crippen LogP contribution in [0.1, 0.15) is 21.6 Å². The molecule has 1 heterocycles. The molecule has 0 radical (unpaired) electrons. The maximum atomic E-state index is 14.4. The zero-order valence-corrected chi connectivity index (χ0v) is 16.6. The van der Waals surface area contributed by atoms with E-state index in [1.54, 1.807) is 12.1 Å². The molecule has 0 bridgehead atoms. The quantitative estimate of drug-likeness (QED) is 0.590. The van der Waals surface area contributed by atoms with Crippen LogP contribution in [0.5, 0.6) is 0 Å². The number of halogens is 1. The molecule has 156 valence electrons. The average Bonchev–Trinajstić information content (AvgIpc) is 2.73. The molecule has 3 aromatic rings. The lowest BCUT2D eigenvalue weighted by Crippen LogP contribution is -2.46. The summed E-state index contributed by atoms with van der Waals surface area (Å²) in [5.41, 5.74) is -0.792. The second-order valence-corrected chi connectivity index (χ2v) is 6.56. The number of rotatable bonds is 7. The Kier molecular flexibility index (Phi) is 6.53. The van der Waals surface area contributed by atoms with Crippen molar-refractivity contribution < 1.29 is 13.9 Å². The summed E-state index contributed by atoms with van der Waals surface area (Å²) in [4.78, 5) is 38.5. The Labute approximate surface area is 171 Å². The molecular weight excluding hydrogens is 391 g/mol. The van der Waals surface area contributed by atoms with Crippen molar-refractivity contribution in [2.24, 2.45) is 0 Å². The number of nitrogens with zero attached hydrogens (tertiary/aromatic N) is 3. The van der Waals surface area contributed by atoms with Crippen LogP contribution >= 0.6 is 0 Å². The highest BCUT2D eigenvalue weighted by Crippen LogP contribution is 2.10. The Balaban J connectivity index is 2.18. The molecule has 0 atom stereocenters. The van der Waals surface area contributed by atoms with E-state index in [1.165, 1.54) is 31.4 Å². The van der Waals surface area contributed by atoms with Gasteiger partial charge in [0.15, 0.2) is 0 Å². The van der Waals surface area contributed by atoms with Crippen LogP contribution in [0.4, 0.5) is 4.39 Å². The van der Waals surface area contributed by atoms with E-state index >= 15 is 0 Å². The van der Waals surface area contributed by atoms with Crippen molar-refractivity contribution in [2.75, 3.05) is 20.3 Å². The Morgan fingerprint density at radius 2 is 1.83 bits per heavy atom. The zero-order valence-electron chi connectivity index (χ0n) is 16.6. The largest absolute Gasteiger partial charge is 0.383 e. The molecule has 0 aliphatic carbocycles. The number of aryl methyl sites for hydroxylation is 1. The molecule has 0 fully saturated rings. The van der Waals surface area contributed by atoms with E-state index in [0.717, 1.165) is 14.8 Å². The highest BCUT2D eigenvalue weighted by molar-refractivity contribution is 5.91. The summed E-state index contributed by atoms with van der Waals surface area (Å²) in [6.07, 6.45) is 0. The molecule has 0 unspecified atom stereocenters. The third-order valence-corrected chi connectivity index (χ3v) is 4.54. The Morgan fingerprint density at radius 1 is 1.13 bits per heavy atom. The summed E-state index contributed by atoms with van der Waals surface area (Å²) in [5.74, 6) is -1.49. The first-order valence-corrected chi connectivity index (χ1v) is 9.24. The van der Waals surface area contributed by atoms with Gasteiger partial charge in [0.2, 0.25) is 5.69 Å². The van der Waals surface area contributed by atoms with Crippen LogP contribution in [0.25, 0.3) is 5.69 Å². The van der Waals surface area contributed by atoms with Crippen LogP contribution in [-0.4, -0.2) is 40.5 Å². The summed E-state index contributed by atoms with van der Waals surface area (Å²) in [5, 5.41) is 6.39. The van der Waals surface area contributed by atoms with E-state index in [9.17, 15) is 18.8 Å². The number of benzene rings is 2. The Morgan fingerprint density at radius 3 is 2.53 bits per heavy atom. The molecule has 0 spiro atoms. The summed E-state index contributed by atoms with van der Waals surface area (Å²) in [6, 6.07) is 12.7. The molecular formula is C21H21FN4O4. The fraction of sp³-hybridized carbons (Fsp3) is 0.238. The van der Waals surface area contributed by atoms with E-state index < -0.39 is 28.7 Å². The van der Waals surface area contributed by atoms with Crippen LogP contribution in [0.3, 0.4) is 0 Å². The smallest absolute Gasteiger partial charge is 0.352 e. The topological polar surface area (TPSA) is 95.2 Å². The normalized spacial score (nSPS) is 10.8. The lowest BCUT2D eigenvalue weighted by atomic mass is 10.1. The molecule has 3 rings (SSSR count). The van der Waals surface area contributed by atoms with Gasteiger partial charge in [-0.15, -0.1) is 0 Å². The van der Waals surface area contributed by atoms with Gasteiger partial charge >= 0.3 is 5.69 Å². The second-order valence-electron chi connectivity index (χ2n) is 6.56. The van der Waals surface area contributed by atoms with Crippen molar-refractivity contribution >= 4 is 5.91 Å². The van der Waals surface area contributed by atoms with E-state index in [4.69, 9.17) is 4.74 Å². The van der Waals surface area contributed by atoms with Gasteiger partial charge in [0, 0.05) is 13.7 Å². The molecule has 2 aromatic carbocycles. The maximum absolute atomic E-state index is 14.4. The fourth-order valence-electron chi connectivity index (χ4n) is 2.89. The average molecular weight is 412 g/mol. The van der Waals surface area contributed by atoms with Gasteiger partial charge in [-0.3, -0.25) is 14.2 Å². The van der Waals surface area contributed by atoms with Crippen molar-refractivity contribution in [3.63, 3.8) is 0 Å². The number of methoxy groups -OCH3 is 1. The zero-order chi connectivity index (χ0) is 21.7. The van der Waals surface area contributed by atoms with Crippen molar-refractivity contribution in [1.29, 1.82) is 0 Å². The fourth-order valence-corrected chi connectivity index (χ4v) is 2.89. The summed E-state index contributed by atoms with van der Waals surface area (Å²) in [7, 11) is 1.47. The minimum absolute atomic E-state index is 0.0837. The van der Waals surface area contributed by atoms with Crippen molar-refractivity contribution in [2.45, 2.75) is 13.5 Å². The van der Waals surface area contributed by atoms with Gasteiger partial charge in [0.05, 0.1) is 13.2 Å².